The number of piperazine rings is 1. The molecule has 35 heavy (non-hydrogen) atoms. The van der Waals surface area contributed by atoms with Crippen LogP contribution in [0.2, 0.25) is 0 Å². The Balaban J connectivity index is 1.29. The van der Waals surface area contributed by atoms with Crippen molar-refractivity contribution in [1.29, 1.82) is 0 Å². The summed E-state index contributed by atoms with van der Waals surface area (Å²) in [5, 5.41) is 0.158. The lowest BCUT2D eigenvalue weighted by atomic mass is 10.1. The highest BCUT2D eigenvalue weighted by Crippen LogP contribution is 2.31. The number of carbonyl (C=O) groups excluding carboxylic acids is 1. The highest BCUT2D eigenvalue weighted by molar-refractivity contribution is 5.98. The summed E-state index contributed by atoms with van der Waals surface area (Å²) in [6, 6.07) is 13.5. The second kappa shape index (κ2) is 8.01. The molecule has 1 fully saturated rings. The predicted molar refractivity (Wildman–Crippen MR) is 131 cm³/mol. The van der Waals surface area contributed by atoms with Crippen LogP contribution in [0.4, 0.5) is 15.8 Å². The number of halogens is 1. The van der Waals surface area contributed by atoms with E-state index in [0.717, 1.165) is 11.2 Å². The Hall–Kier alpha value is -4.60. The number of amides is 1. The van der Waals surface area contributed by atoms with E-state index in [1.807, 2.05) is 18.2 Å². The van der Waals surface area contributed by atoms with Crippen molar-refractivity contribution in [2.24, 2.45) is 0 Å². The van der Waals surface area contributed by atoms with E-state index < -0.39 is 11.4 Å². The average molecular weight is 472 g/mol. The molecule has 1 saturated heterocycles. The van der Waals surface area contributed by atoms with Gasteiger partial charge in [0.05, 0.1) is 33.9 Å². The van der Waals surface area contributed by atoms with Gasteiger partial charge in [0.15, 0.2) is 5.76 Å². The summed E-state index contributed by atoms with van der Waals surface area (Å²) in [4.78, 5) is 39.6. The van der Waals surface area contributed by atoms with Crippen molar-refractivity contribution in [3.8, 4) is 11.4 Å². The monoisotopic (exact) mass is 472 g/mol. The fourth-order valence-electron chi connectivity index (χ4n) is 4.61. The molecule has 1 amide bonds. The summed E-state index contributed by atoms with van der Waals surface area (Å²) in [6.45, 7) is 2.46. The molecule has 1 aliphatic heterocycles. The molecule has 0 aliphatic carbocycles. The maximum absolute atomic E-state index is 14.4. The van der Waals surface area contributed by atoms with E-state index in [9.17, 15) is 14.0 Å². The molecule has 0 saturated carbocycles. The third kappa shape index (κ3) is 3.50. The number of aromatic amines is 2. The zero-order valence-electron chi connectivity index (χ0n) is 18.5. The molecule has 10 heteroatoms. The van der Waals surface area contributed by atoms with Gasteiger partial charge in [0, 0.05) is 31.9 Å². The number of nitrogens with zero attached hydrogens (tertiary/aromatic N) is 3. The first-order valence-corrected chi connectivity index (χ1v) is 11.2. The molecule has 4 heterocycles. The molecular formula is C25H21FN6O3. The van der Waals surface area contributed by atoms with E-state index >= 15 is 0 Å². The number of rotatable bonds is 3. The molecule has 2 aromatic carbocycles. The molecule has 9 nitrogen and oxygen atoms in total. The first-order chi connectivity index (χ1) is 17.0. The lowest BCUT2D eigenvalue weighted by Gasteiger charge is -2.35. The molecule has 6 rings (SSSR count). The van der Waals surface area contributed by atoms with Gasteiger partial charge in [0.2, 0.25) is 0 Å². The SMILES string of the molecule is Nc1c(-c2nc3ccc(N4CCN(C(=O)c5ccco5)CC4)cc3[nH]2)c(=O)[nH]c2cccc(F)c12. The Kier molecular flexibility index (Phi) is 4.80. The van der Waals surface area contributed by atoms with Crippen LogP contribution >= 0.6 is 0 Å². The Labute approximate surface area is 198 Å². The maximum Gasteiger partial charge on any atom is 0.289 e. The highest BCUT2D eigenvalue weighted by atomic mass is 19.1. The fourth-order valence-corrected chi connectivity index (χ4v) is 4.61. The molecule has 5 aromatic rings. The number of hydrogen-bond donors (Lipinski definition) is 3. The van der Waals surface area contributed by atoms with Crippen LogP contribution in [0.1, 0.15) is 10.6 Å². The molecule has 1 aliphatic rings. The van der Waals surface area contributed by atoms with Crippen LogP contribution in [0.15, 0.2) is 64.0 Å². The predicted octanol–water partition coefficient (Wildman–Crippen LogP) is 3.35. The summed E-state index contributed by atoms with van der Waals surface area (Å²) in [5.74, 6) is -0.0129. The van der Waals surface area contributed by atoms with E-state index in [2.05, 4.69) is 19.9 Å². The van der Waals surface area contributed by atoms with Crippen LogP contribution in [0.3, 0.4) is 0 Å². The molecular weight excluding hydrogens is 451 g/mol. The minimum absolute atomic E-state index is 0.0403. The van der Waals surface area contributed by atoms with Gasteiger partial charge in [0.25, 0.3) is 11.5 Å². The minimum Gasteiger partial charge on any atom is -0.459 e. The van der Waals surface area contributed by atoms with Crippen LogP contribution in [-0.2, 0) is 0 Å². The van der Waals surface area contributed by atoms with Crippen molar-refractivity contribution in [3.05, 3.63) is 76.7 Å². The van der Waals surface area contributed by atoms with Gasteiger partial charge < -0.3 is 29.9 Å². The van der Waals surface area contributed by atoms with E-state index in [4.69, 9.17) is 10.2 Å². The second-order valence-electron chi connectivity index (χ2n) is 8.45. The van der Waals surface area contributed by atoms with Crippen molar-refractivity contribution >= 4 is 39.2 Å². The van der Waals surface area contributed by atoms with Gasteiger partial charge in [0.1, 0.15) is 17.2 Å². The molecule has 0 unspecified atom stereocenters. The quantitative estimate of drug-likeness (QED) is 0.370. The molecule has 0 bridgehead atoms. The lowest BCUT2D eigenvalue weighted by molar-refractivity contribution is 0.0714. The van der Waals surface area contributed by atoms with Crippen LogP contribution < -0.4 is 16.2 Å². The van der Waals surface area contributed by atoms with Gasteiger partial charge in [-0.05, 0) is 42.5 Å². The summed E-state index contributed by atoms with van der Waals surface area (Å²) in [7, 11) is 0. The van der Waals surface area contributed by atoms with Crippen LogP contribution in [0, 0.1) is 5.82 Å². The van der Waals surface area contributed by atoms with Crippen LogP contribution in [0.25, 0.3) is 33.3 Å². The summed E-state index contributed by atoms with van der Waals surface area (Å²) in [5.41, 5.74) is 8.59. The Morgan fingerprint density at radius 1 is 1.03 bits per heavy atom. The van der Waals surface area contributed by atoms with Gasteiger partial charge >= 0.3 is 0 Å². The van der Waals surface area contributed by atoms with Crippen molar-refractivity contribution in [1.82, 2.24) is 19.9 Å². The first-order valence-electron chi connectivity index (χ1n) is 11.2. The van der Waals surface area contributed by atoms with E-state index in [1.165, 1.54) is 18.4 Å². The van der Waals surface area contributed by atoms with Gasteiger partial charge in [-0.3, -0.25) is 9.59 Å². The molecule has 0 radical (unpaired) electrons. The highest BCUT2D eigenvalue weighted by Gasteiger charge is 2.24. The third-order valence-electron chi connectivity index (χ3n) is 6.39. The average Bonchev–Trinajstić information content (AvgIpc) is 3.53. The molecule has 0 atom stereocenters. The van der Waals surface area contributed by atoms with Crippen molar-refractivity contribution in [3.63, 3.8) is 0 Å². The topological polar surface area (TPSA) is 124 Å². The third-order valence-corrected chi connectivity index (χ3v) is 6.39. The fraction of sp³-hybridized carbons (Fsp3) is 0.160. The normalized spacial score (nSPS) is 14.2. The minimum atomic E-state index is -0.513. The number of aromatic nitrogens is 3. The van der Waals surface area contributed by atoms with Crippen LogP contribution in [0.5, 0.6) is 0 Å². The van der Waals surface area contributed by atoms with Gasteiger partial charge in [-0.2, -0.15) is 0 Å². The number of hydrogen-bond acceptors (Lipinski definition) is 6. The number of nitrogens with two attached hydrogens (primary N) is 1. The number of H-pyrrole nitrogens is 2. The smallest absolute Gasteiger partial charge is 0.289 e. The van der Waals surface area contributed by atoms with Gasteiger partial charge in [-0.1, -0.05) is 6.07 Å². The number of carbonyl (C=O) groups is 1. The zero-order chi connectivity index (χ0) is 24.1. The van der Waals surface area contributed by atoms with E-state index in [-0.39, 0.29) is 28.4 Å². The van der Waals surface area contributed by atoms with E-state index in [1.54, 1.807) is 23.1 Å². The number of pyridine rings is 1. The van der Waals surface area contributed by atoms with Crippen molar-refractivity contribution in [2.45, 2.75) is 0 Å². The first kappa shape index (κ1) is 21.0. The van der Waals surface area contributed by atoms with Gasteiger partial charge in [-0.25, -0.2) is 9.37 Å². The molecule has 176 valence electrons. The maximum atomic E-state index is 14.4. The number of nitrogen functional groups attached to an aromatic ring is 1. The Morgan fingerprint density at radius 2 is 1.86 bits per heavy atom. The van der Waals surface area contributed by atoms with Crippen LogP contribution in [-0.4, -0.2) is 51.9 Å². The second-order valence-corrected chi connectivity index (χ2v) is 8.45. The number of anilines is 2. The number of benzene rings is 2. The zero-order valence-corrected chi connectivity index (χ0v) is 18.5. The molecule has 3 aromatic heterocycles. The van der Waals surface area contributed by atoms with E-state index in [0.29, 0.717) is 43.0 Å². The summed E-state index contributed by atoms with van der Waals surface area (Å²) < 4.78 is 19.7. The summed E-state index contributed by atoms with van der Waals surface area (Å²) >= 11 is 0. The lowest BCUT2D eigenvalue weighted by Crippen LogP contribution is -2.48. The number of fused-ring (bicyclic) bond motifs is 2. The number of imidazole rings is 1. The molecule has 4 N–H and O–H groups in total. The summed E-state index contributed by atoms with van der Waals surface area (Å²) in [6.07, 6.45) is 1.49. The standard InChI is InChI=1S/C25H21FN6O3/c26-15-3-1-4-17-20(15)22(27)21(24(33)30-17)23-28-16-7-6-14(13-18(16)29-23)31-8-10-32(11-9-31)25(34)19-5-2-12-35-19/h1-7,12-13H,8-11H2,(H,28,29)(H3,27,30,33). The number of nitrogens with one attached hydrogen (secondary N) is 2. The largest absolute Gasteiger partial charge is 0.459 e. The Morgan fingerprint density at radius 3 is 2.63 bits per heavy atom. The van der Waals surface area contributed by atoms with Crippen molar-refractivity contribution in [2.75, 3.05) is 36.8 Å². The van der Waals surface area contributed by atoms with Gasteiger partial charge in [-0.15, -0.1) is 0 Å². The Bertz CT molecular complexity index is 1630. The molecule has 0 spiro atoms. The van der Waals surface area contributed by atoms with Crippen molar-refractivity contribution < 1.29 is 13.6 Å². The number of furan rings is 1.